The fraction of sp³-hybridized carbons (Fsp3) is 0.0556. The Kier molecular flexibility index (Phi) is 13.2. The number of hydrogen-bond acceptors (Lipinski definition) is 11. The molecule has 3 N–H and O–H groups in total. The number of fused-ring (bicyclic) bond motifs is 1. The number of benzene rings is 3. The topological polar surface area (TPSA) is 220 Å². The molecule has 0 amide bonds. The summed E-state index contributed by atoms with van der Waals surface area (Å²) in [6.07, 6.45) is 0. The molecular formula is C18H16N3Na2O9S3-. The van der Waals surface area contributed by atoms with Crippen LogP contribution < -0.4 is 64.8 Å². The Balaban J connectivity index is 0.00000150. The van der Waals surface area contributed by atoms with Crippen LogP contribution in [0.15, 0.2) is 74.6 Å². The fourth-order valence-electron chi connectivity index (χ4n) is 2.63. The number of nitrogens with two attached hydrogens (primary N) is 1. The maximum atomic E-state index is 11.8. The molecule has 0 saturated carbocycles. The molecule has 0 aliphatic heterocycles. The molecule has 0 fully saturated rings. The molecule has 3 aromatic rings. The van der Waals surface area contributed by atoms with Gasteiger partial charge in [-0.15, -0.1) is 5.11 Å². The van der Waals surface area contributed by atoms with Crippen molar-refractivity contribution in [2.75, 3.05) is 11.5 Å². The predicted molar refractivity (Wildman–Crippen MR) is 117 cm³/mol. The summed E-state index contributed by atoms with van der Waals surface area (Å²) >= 11 is 0. The maximum absolute atomic E-state index is 11.8. The maximum Gasteiger partial charge on any atom is 1.00 e. The van der Waals surface area contributed by atoms with Gasteiger partial charge in [0.05, 0.1) is 21.2 Å². The molecule has 0 bridgehead atoms. The van der Waals surface area contributed by atoms with Crippen LogP contribution in [-0.4, -0.2) is 44.7 Å². The van der Waals surface area contributed by atoms with Gasteiger partial charge in [0.15, 0.2) is 9.84 Å². The summed E-state index contributed by atoms with van der Waals surface area (Å²) in [6, 6.07) is 12.9. The molecule has 0 radical (unpaired) electrons. The van der Waals surface area contributed by atoms with Crippen LogP contribution in [0.3, 0.4) is 0 Å². The second kappa shape index (κ2) is 13.6. The van der Waals surface area contributed by atoms with Crippen molar-refractivity contribution in [1.82, 2.24) is 0 Å². The van der Waals surface area contributed by atoms with E-state index in [9.17, 15) is 21.4 Å². The third-order valence-corrected chi connectivity index (χ3v) is 6.43. The third kappa shape index (κ3) is 10.1. The van der Waals surface area contributed by atoms with E-state index in [-0.39, 0.29) is 80.8 Å². The van der Waals surface area contributed by atoms with Crippen LogP contribution in [0, 0.1) is 6.92 Å². The quantitative estimate of drug-likeness (QED) is 0.0778. The van der Waals surface area contributed by atoms with Crippen molar-refractivity contribution < 1.29 is 98.0 Å². The first-order valence-corrected chi connectivity index (χ1v) is 13.1. The van der Waals surface area contributed by atoms with Gasteiger partial charge in [-0.25, -0.2) is 25.3 Å². The molecule has 0 unspecified atom stereocenters. The molecule has 0 aromatic heterocycles. The Bertz CT molecular complexity index is 1520. The Morgan fingerprint density at radius 3 is 1.89 bits per heavy atom. The van der Waals surface area contributed by atoms with Gasteiger partial charge in [-0.05, 0) is 42.5 Å². The van der Waals surface area contributed by atoms with Crippen molar-refractivity contribution in [2.24, 2.45) is 10.2 Å². The van der Waals surface area contributed by atoms with E-state index in [1.165, 1.54) is 42.5 Å². The Morgan fingerprint density at radius 2 is 1.40 bits per heavy atom. The first kappa shape index (κ1) is 34.1. The van der Waals surface area contributed by atoms with Crippen molar-refractivity contribution in [2.45, 2.75) is 9.79 Å². The van der Waals surface area contributed by atoms with E-state index in [1.54, 1.807) is 12.1 Å². The first-order chi connectivity index (χ1) is 15.1. The van der Waals surface area contributed by atoms with E-state index in [0.29, 0.717) is 16.8 Å². The van der Waals surface area contributed by atoms with Gasteiger partial charge in [-0.1, -0.05) is 17.9 Å². The van der Waals surface area contributed by atoms with E-state index in [4.69, 9.17) is 23.3 Å². The fourth-order valence-corrected chi connectivity index (χ4v) is 4.14. The number of azo groups is 1. The summed E-state index contributed by atoms with van der Waals surface area (Å²) in [5.41, 5.74) is 6.69. The zero-order valence-corrected chi connectivity index (χ0v) is 25.0. The SMILES string of the molecule is O=S(=O)([O-])O.[CH2-]CS(=O)(=O)c1ccc(N=Nc2ccc(N)c3c(S(=O)(=O)[O-])cccc23)cc1.[Na+].[Na+]. The van der Waals surface area contributed by atoms with E-state index in [1.807, 2.05) is 0 Å². The number of nitrogens with zero attached hydrogens (tertiary/aromatic N) is 2. The second-order valence-electron chi connectivity index (χ2n) is 6.25. The molecule has 3 aromatic carbocycles. The molecule has 17 heteroatoms. The predicted octanol–water partition coefficient (Wildman–Crippen LogP) is -3.64. The van der Waals surface area contributed by atoms with E-state index in [2.05, 4.69) is 17.2 Å². The Labute approximate surface area is 246 Å². The van der Waals surface area contributed by atoms with Gasteiger partial charge < -0.3 is 21.8 Å². The molecule has 0 atom stereocenters. The zero-order chi connectivity index (χ0) is 25.0. The Hall–Kier alpha value is -0.950. The van der Waals surface area contributed by atoms with Crippen molar-refractivity contribution in [3.63, 3.8) is 0 Å². The number of sulfone groups is 1. The molecule has 35 heavy (non-hydrogen) atoms. The molecule has 0 spiro atoms. The van der Waals surface area contributed by atoms with Gasteiger partial charge in [0, 0.05) is 16.5 Å². The van der Waals surface area contributed by atoms with Crippen LogP contribution >= 0.6 is 0 Å². The van der Waals surface area contributed by atoms with Crippen LogP contribution in [0.4, 0.5) is 17.1 Å². The molecule has 3 rings (SSSR count). The van der Waals surface area contributed by atoms with E-state index < -0.39 is 35.2 Å². The molecule has 12 nitrogen and oxygen atoms in total. The van der Waals surface area contributed by atoms with E-state index >= 15 is 0 Å². The van der Waals surface area contributed by atoms with Crippen LogP contribution in [0.25, 0.3) is 10.8 Å². The van der Waals surface area contributed by atoms with E-state index in [0.717, 1.165) is 0 Å². The smallest absolute Gasteiger partial charge is 0.744 e. The molecule has 178 valence electrons. The summed E-state index contributed by atoms with van der Waals surface area (Å²) in [5.74, 6) is -0.254. The van der Waals surface area contributed by atoms with Gasteiger partial charge in [0.25, 0.3) is 0 Å². The monoisotopic (exact) mass is 560 g/mol. The van der Waals surface area contributed by atoms with Crippen LogP contribution in [0.2, 0.25) is 0 Å². The molecule has 0 saturated heterocycles. The minimum absolute atomic E-state index is 0. The van der Waals surface area contributed by atoms with Crippen molar-refractivity contribution >= 4 is 58.2 Å². The zero-order valence-electron chi connectivity index (χ0n) is 18.5. The van der Waals surface area contributed by atoms with Crippen LogP contribution in [0.1, 0.15) is 0 Å². The minimum atomic E-state index is -4.92. The van der Waals surface area contributed by atoms with Gasteiger partial charge in [-0.3, -0.25) is 4.55 Å². The molecule has 0 heterocycles. The number of rotatable bonds is 5. The van der Waals surface area contributed by atoms with Crippen molar-refractivity contribution in [3.05, 3.63) is 61.5 Å². The van der Waals surface area contributed by atoms with Crippen molar-refractivity contribution in [3.8, 4) is 0 Å². The second-order valence-corrected chi connectivity index (χ2v) is 10.6. The van der Waals surface area contributed by atoms with Gasteiger partial charge in [0.2, 0.25) is 10.4 Å². The summed E-state index contributed by atoms with van der Waals surface area (Å²) in [5, 5.41) is 8.58. The molecule has 0 aliphatic rings. The normalized spacial score (nSPS) is 11.8. The van der Waals surface area contributed by atoms with Crippen LogP contribution in [-0.2, 0) is 30.4 Å². The first-order valence-electron chi connectivity index (χ1n) is 8.62. The van der Waals surface area contributed by atoms with Crippen LogP contribution in [0.5, 0.6) is 0 Å². The number of nitrogen functional groups attached to an aromatic ring is 1. The Morgan fingerprint density at radius 1 is 0.857 bits per heavy atom. The summed E-state index contributed by atoms with van der Waals surface area (Å²) in [4.78, 5) is -0.299. The number of hydrogen-bond donors (Lipinski definition) is 2. The van der Waals surface area contributed by atoms with Gasteiger partial charge in [0.1, 0.15) is 10.1 Å². The molecule has 0 aliphatic carbocycles. The summed E-state index contributed by atoms with van der Waals surface area (Å²) in [7, 11) is -13.1. The largest absolute Gasteiger partial charge is 1.00 e. The molecular weight excluding hydrogens is 544 g/mol. The van der Waals surface area contributed by atoms with Gasteiger partial charge >= 0.3 is 59.1 Å². The average Bonchev–Trinajstić information content (AvgIpc) is 2.71. The average molecular weight is 561 g/mol. The standard InChI is InChI=1S/C18H16N3O5S2.2Na.H2O4S/c1-2-27(22,23)13-8-6-12(7-9-13)20-21-16-11-10-15(19)18-14(16)4-3-5-17(18)28(24,25)26;;;1-5(2,3)4/h3-11H,1-2,19H2,(H,24,25,26);;;(H2,1,2,3,4)/q-1;2*+1;/p-2. The third-order valence-electron chi connectivity index (χ3n) is 4.02. The summed E-state index contributed by atoms with van der Waals surface area (Å²) < 4.78 is 90.9. The minimum Gasteiger partial charge on any atom is -0.744 e. The van der Waals surface area contributed by atoms with Crippen molar-refractivity contribution in [1.29, 1.82) is 0 Å². The summed E-state index contributed by atoms with van der Waals surface area (Å²) in [6.45, 7) is 3.39. The van der Waals surface area contributed by atoms with Gasteiger partial charge in [-0.2, -0.15) is 5.11 Å². The number of anilines is 1.